The Balaban J connectivity index is 1.27. The van der Waals surface area contributed by atoms with Gasteiger partial charge < -0.3 is 14.4 Å². The molecule has 1 aliphatic heterocycles. The Labute approximate surface area is 207 Å². The molecule has 2 bridgehead atoms. The summed E-state index contributed by atoms with van der Waals surface area (Å²) in [6.07, 6.45) is 18.7. The van der Waals surface area contributed by atoms with E-state index < -0.39 is 0 Å². The molecule has 1 saturated heterocycles. The van der Waals surface area contributed by atoms with Crippen LogP contribution in [0.3, 0.4) is 0 Å². The Kier molecular flexibility index (Phi) is 4.67. The van der Waals surface area contributed by atoms with Gasteiger partial charge in [0.25, 0.3) is 0 Å². The number of rotatable bonds is 5. The lowest BCUT2D eigenvalue weighted by Crippen LogP contribution is -2.68. The number of amides is 1. The highest BCUT2D eigenvalue weighted by Crippen LogP contribution is 2.68. The maximum atomic E-state index is 13.3. The van der Waals surface area contributed by atoms with E-state index in [0.29, 0.717) is 17.7 Å². The SMILES string of the molecule is CN(C(=O)C=Cc1ccoc1)[C@@H]1C[C@@]23CCN(CC4CC4)[C@H]4C=C[C@@H]1C[C@]42Cc1ccc(O)cc13. The molecule has 1 aromatic carbocycles. The van der Waals surface area contributed by atoms with Crippen LogP contribution in [0.1, 0.15) is 48.8 Å². The predicted octanol–water partition coefficient (Wildman–Crippen LogP) is 4.77. The van der Waals surface area contributed by atoms with Gasteiger partial charge in [0.15, 0.2) is 0 Å². The summed E-state index contributed by atoms with van der Waals surface area (Å²) in [5.41, 5.74) is 3.81. The van der Waals surface area contributed by atoms with Crippen LogP contribution in [0.4, 0.5) is 0 Å². The van der Waals surface area contributed by atoms with Gasteiger partial charge in [-0.15, -0.1) is 0 Å². The maximum absolute atomic E-state index is 13.3. The number of carbonyl (C=O) groups is 1. The van der Waals surface area contributed by atoms with E-state index >= 15 is 0 Å². The molecule has 2 heterocycles. The first-order chi connectivity index (χ1) is 17.0. The number of aromatic hydroxyl groups is 1. The summed E-state index contributed by atoms with van der Waals surface area (Å²) in [6, 6.07) is 8.53. The number of nitrogens with zero attached hydrogens (tertiary/aromatic N) is 2. The van der Waals surface area contributed by atoms with Gasteiger partial charge in [0.05, 0.1) is 12.5 Å². The molecule has 182 valence electrons. The molecule has 0 radical (unpaired) electrons. The number of phenolic OH excluding ortho intramolecular Hbond substituents is 1. The van der Waals surface area contributed by atoms with E-state index in [1.165, 1.54) is 30.5 Å². The largest absolute Gasteiger partial charge is 0.508 e. The number of carbonyl (C=O) groups excluding carboxylic acids is 1. The van der Waals surface area contributed by atoms with Crippen molar-refractivity contribution in [1.82, 2.24) is 9.80 Å². The molecule has 3 fully saturated rings. The Bertz CT molecular complexity index is 1210. The zero-order valence-corrected chi connectivity index (χ0v) is 20.4. The van der Waals surface area contributed by atoms with Crippen molar-refractivity contribution in [3.05, 3.63) is 71.7 Å². The number of furan rings is 1. The predicted molar refractivity (Wildman–Crippen MR) is 135 cm³/mol. The summed E-state index contributed by atoms with van der Waals surface area (Å²) in [6.45, 7) is 2.32. The first-order valence-corrected chi connectivity index (χ1v) is 13.2. The van der Waals surface area contributed by atoms with Crippen molar-refractivity contribution in [3.8, 4) is 5.75 Å². The Morgan fingerprint density at radius 1 is 1.26 bits per heavy atom. The first kappa shape index (κ1) is 21.5. The molecule has 2 aromatic rings. The van der Waals surface area contributed by atoms with E-state index in [4.69, 9.17) is 4.42 Å². The van der Waals surface area contributed by atoms with Crippen LogP contribution in [0.15, 0.2) is 59.4 Å². The normalized spacial score (nSPS) is 35.2. The molecule has 5 nitrogen and oxygen atoms in total. The molecule has 5 heteroatoms. The van der Waals surface area contributed by atoms with Gasteiger partial charge in [0.1, 0.15) is 5.75 Å². The standard InChI is InChI=1S/C30H34N2O3/c1-31(28(34)9-4-21-10-13-35-19-21)26-17-29-11-12-32(18-20-2-3-20)27-8-6-23(26)16-30(27,29)15-22-5-7-24(33)14-25(22)29/h4-10,13-14,19-20,23,26-27,33H,2-3,11-12,15-18H2,1H3/t23-,26-,27+,29-,30-/m1/s1. The van der Waals surface area contributed by atoms with Crippen molar-refractivity contribution in [2.75, 3.05) is 20.1 Å². The molecular weight excluding hydrogens is 436 g/mol. The fraction of sp³-hybridized carbons (Fsp3) is 0.500. The third kappa shape index (κ3) is 3.13. The third-order valence-electron chi connectivity index (χ3n) is 10.0. The lowest BCUT2D eigenvalue weighted by Gasteiger charge is -2.65. The van der Waals surface area contributed by atoms with Crippen LogP contribution in [0.2, 0.25) is 0 Å². The number of benzene rings is 1. The van der Waals surface area contributed by atoms with Crippen molar-refractivity contribution < 1.29 is 14.3 Å². The highest BCUT2D eigenvalue weighted by Gasteiger charge is 2.68. The topological polar surface area (TPSA) is 56.9 Å². The molecule has 1 amide bonds. The fourth-order valence-electron chi connectivity index (χ4n) is 8.23. The van der Waals surface area contributed by atoms with Crippen molar-refractivity contribution in [2.24, 2.45) is 17.3 Å². The highest BCUT2D eigenvalue weighted by atomic mass is 16.3. The van der Waals surface area contributed by atoms with Gasteiger partial charge in [-0.25, -0.2) is 0 Å². The van der Waals surface area contributed by atoms with Gasteiger partial charge in [-0.1, -0.05) is 18.2 Å². The van der Waals surface area contributed by atoms with Gasteiger partial charge in [-0.2, -0.15) is 0 Å². The molecule has 7 rings (SSSR count). The van der Waals surface area contributed by atoms with Crippen LogP contribution in [0.25, 0.3) is 6.08 Å². The number of likely N-dealkylation sites (N-methyl/N-ethyl adjacent to an activating group) is 1. The summed E-state index contributed by atoms with van der Waals surface area (Å²) >= 11 is 0. The van der Waals surface area contributed by atoms with Crippen LogP contribution in [0, 0.1) is 17.3 Å². The minimum Gasteiger partial charge on any atom is -0.508 e. The summed E-state index contributed by atoms with van der Waals surface area (Å²) in [5, 5.41) is 10.5. The molecule has 5 aliphatic rings. The lowest BCUT2D eigenvalue weighted by molar-refractivity contribution is -0.135. The molecule has 1 spiro atoms. The quantitative estimate of drug-likeness (QED) is 0.505. The van der Waals surface area contributed by atoms with Crippen LogP contribution >= 0.6 is 0 Å². The molecule has 1 aromatic heterocycles. The molecule has 5 atom stereocenters. The molecule has 2 saturated carbocycles. The second kappa shape index (κ2) is 7.60. The van der Waals surface area contributed by atoms with E-state index in [1.54, 1.807) is 18.6 Å². The summed E-state index contributed by atoms with van der Waals surface area (Å²) in [7, 11) is 1.97. The Morgan fingerprint density at radius 2 is 2.14 bits per heavy atom. The number of likely N-dealkylation sites (tertiary alicyclic amines) is 1. The van der Waals surface area contributed by atoms with Crippen LogP contribution in [-0.2, 0) is 16.6 Å². The van der Waals surface area contributed by atoms with Crippen molar-refractivity contribution in [1.29, 1.82) is 0 Å². The molecule has 0 unspecified atom stereocenters. The number of hydrogen-bond donors (Lipinski definition) is 1. The monoisotopic (exact) mass is 470 g/mol. The van der Waals surface area contributed by atoms with Gasteiger partial charge >= 0.3 is 0 Å². The van der Waals surface area contributed by atoms with Gasteiger partial charge in [0.2, 0.25) is 5.91 Å². The smallest absolute Gasteiger partial charge is 0.246 e. The zero-order chi connectivity index (χ0) is 23.8. The number of piperidine rings is 1. The second-order valence-electron chi connectivity index (χ2n) is 11.8. The minimum atomic E-state index is 0.000526. The summed E-state index contributed by atoms with van der Waals surface area (Å²) in [4.78, 5) is 18.0. The molecule has 1 N–H and O–H groups in total. The van der Waals surface area contributed by atoms with Crippen molar-refractivity contribution in [3.63, 3.8) is 0 Å². The Hall–Kier alpha value is -2.79. The Morgan fingerprint density at radius 3 is 2.94 bits per heavy atom. The van der Waals surface area contributed by atoms with Crippen molar-refractivity contribution in [2.45, 2.75) is 56.0 Å². The number of fused-ring (bicyclic) bond motifs is 2. The second-order valence-corrected chi connectivity index (χ2v) is 11.8. The molecule has 4 aliphatic carbocycles. The van der Waals surface area contributed by atoms with Crippen LogP contribution < -0.4 is 0 Å². The molecular formula is C30H34N2O3. The van der Waals surface area contributed by atoms with Gasteiger partial charge in [-0.3, -0.25) is 9.69 Å². The summed E-state index contributed by atoms with van der Waals surface area (Å²) in [5.74, 6) is 1.64. The summed E-state index contributed by atoms with van der Waals surface area (Å²) < 4.78 is 5.14. The van der Waals surface area contributed by atoms with Gasteiger partial charge in [0, 0.05) is 48.1 Å². The maximum Gasteiger partial charge on any atom is 0.246 e. The average Bonchev–Trinajstić information content (AvgIpc) is 3.43. The van der Waals surface area contributed by atoms with E-state index in [9.17, 15) is 9.90 Å². The minimum absolute atomic E-state index is 0.000526. The van der Waals surface area contributed by atoms with E-state index in [1.807, 2.05) is 36.2 Å². The van der Waals surface area contributed by atoms with Crippen molar-refractivity contribution >= 4 is 12.0 Å². The van der Waals surface area contributed by atoms with E-state index in [-0.39, 0.29) is 22.8 Å². The molecule has 35 heavy (non-hydrogen) atoms. The van der Waals surface area contributed by atoms with E-state index in [0.717, 1.165) is 43.7 Å². The zero-order valence-electron chi connectivity index (χ0n) is 20.4. The van der Waals surface area contributed by atoms with Crippen LogP contribution in [-0.4, -0.2) is 53.0 Å². The van der Waals surface area contributed by atoms with Gasteiger partial charge in [-0.05, 0) is 92.3 Å². The number of hydrogen-bond acceptors (Lipinski definition) is 4. The van der Waals surface area contributed by atoms with E-state index in [2.05, 4.69) is 23.1 Å². The fourth-order valence-corrected chi connectivity index (χ4v) is 8.23. The lowest BCUT2D eigenvalue weighted by atomic mass is 9.45. The highest BCUT2D eigenvalue weighted by molar-refractivity contribution is 5.91. The number of phenols is 1. The van der Waals surface area contributed by atoms with Crippen LogP contribution in [0.5, 0.6) is 5.75 Å². The first-order valence-electron chi connectivity index (χ1n) is 13.2. The average molecular weight is 471 g/mol. The third-order valence-corrected chi connectivity index (χ3v) is 10.0.